The van der Waals surface area contributed by atoms with Gasteiger partial charge in [-0.05, 0) is 46.5 Å². The smallest absolute Gasteiger partial charge is 0.294 e. The van der Waals surface area contributed by atoms with Crippen molar-refractivity contribution < 1.29 is 19.5 Å². The lowest BCUT2D eigenvalue weighted by Crippen LogP contribution is -2.21. The number of hydrogen-bond acceptors (Lipinski definition) is 5. The normalized spacial score (nSPS) is 17.3. The van der Waals surface area contributed by atoms with Gasteiger partial charge >= 0.3 is 0 Å². The third-order valence-corrected chi connectivity index (χ3v) is 3.95. The molecule has 116 valence electrons. The lowest BCUT2D eigenvalue weighted by Gasteiger charge is -2.19. The molecule has 0 saturated heterocycles. The zero-order valence-electron chi connectivity index (χ0n) is 12.9. The van der Waals surface area contributed by atoms with Gasteiger partial charge in [-0.2, -0.15) is 0 Å². The molecule has 0 aromatic heterocycles. The topological polar surface area (TPSA) is 86.5 Å². The van der Waals surface area contributed by atoms with E-state index in [9.17, 15) is 19.7 Å². The van der Waals surface area contributed by atoms with Crippen molar-refractivity contribution in [2.24, 2.45) is 0 Å². The van der Waals surface area contributed by atoms with Crippen molar-refractivity contribution in [2.75, 3.05) is 0 Å². The summed E-state index contributed by atoms with van der Waals surface area (Å²) >= 11 is 0. The Morgan fingerprint density at radius 2 is 1.67 bits per heavy atom. The maximum atomic E-state index is 12.2. The second-order valence-electron chi connectivity index (χ2n) is 5.26. The zero-order valence-corrected chi connectivity index (χ0v) is 12.9. The lowest BCUT2D eigenvalue weighted by molar-refractivity contribution is -0.768. The minimum absolute atomic E-state index is 0.0873. The van der Waals surface area contributed by atoms with E-state index in [4.69, 9.17) is 0 Å². The SMILES string of the molecule is CCC(CCCC1=C(C)C(=O)C(C)=C(C)C1=O)O[N+](=O)[O-]. The molecule has 0 aromatic carbocycles. The van der Waals surface area contributed by atoms with Crippen LogP contribution in [0.25, 0.3) is 0 Å². The third kappa shape index (κ3) is 4.00. The molecule has 0 heterocycles. The fourth-order valence-corrected chi connectivity index (χ4v) is 2.42. The Labute approximate surface area is 124 Å². The van der Waals surface area contributed by atoms with E-state index in [0.29, 0.717) is 48.0 Å². The molecule has 0 radical (unpaired) electrons. The first-order chi connectivity index (χ1) is 9.79. The molecule has 0 bridgehead atoms. The van der Waals surface area contributed by atoms with Gasteiger partial charge in [0.15, 0.2) is 11.6 Å². The zero-order chi connectivity index (χ0) is 16.2. The molecule has 0 spiro atoms. The van der Waals surface area contributed by atoms with Crippen molar-refractivity contribution >= 4 is 11.6 Å². The number of carbonyl (C=O) groups is 2. The van der Waals surface area contributed by atoms with Gasteiger partial charge < -0.3 is 4.84 Å². The molecule has 1 atom stereocenters. The molecule has 1 aliphatic carbocycles. The van der Waals surface area contributed by atoms with E-state index in [1.807, 2.05) is 6.92 Å². The Morgan fingerprint density at radius 3 is 2.19 bits per heavy atom. The van der Waals surface area contributed by atoms with Gasteiger partial charge in [-0.15, -0.1) is 10.1 Å². The third-order valence-electron chi connectivity index (χ3n) is 3.95. The summed E-state index contributed by atoms with van der Waals surface area (Å²) in [5.74, 6) is -0.177. The van der Waals surface area contributed by atoms with Crippen molar-refractivity contribution in [2.45, 2.75) is 59.5 Å². The molecule has 0 saturated carbocycles. The quantitative estimate of drug-likeness (QED) is 0.409. The molecule has 21 heavy (non-hydrogen) atoms. The summed E-state index contributed by atoms with van der Waals surface area (Å²) in [7, 11) is 0. The van der Waals surface area contributed by atoms with Gasteiger partial charge in [0.1, 0.15) is 6.10 Å². The van der Waals surface area contributed by atoms with Crippen molar-refractivity contribution in [1.29, 1.82) is 0 Å². The predicted molar refractivity (Wildman–Crippen MR) is 77.1 cm³/mol. The second kappa shape index (κ2) is 7.15. The first kappa shape index (κ1) is 17.1. The molecule has 0 aliphatic heterocycles. The monoisotopic (exact) mass is 295 g/mol. The minimum Gasteiger partial charge on any atom is -0.311 e. The van der Waals surface area contributed by atoms with Gasteiger partial charge in [-0.25, -0.2) is 0 Å². The van der Waals surface area contributed by atoms with Crippen LogP contribution in [0.3, 0.4) is 0 Å². The molecule has 0 amide bonds. The van der Waals surface area contributed by atoms with Crippen molar-refractivity contribution in [3.05, 3.63) is 32.4 Å². The Balaban J connectivity index is 2.69. The Morgan fingerprint density at radius 1 is 1.10 bits per heavy atom. The molecule has 1 aliphatic rings. The molecule has 0 aromatic rings. The van der Waals surface area contributed by atoms with E-state index in [2.05, 4.69) is 4.84 Å². The van der Waals surface area contributed by atoms with Gasteiger partial charge in [0.05, 0.1) is 0 Å². The molecule has 0 N–H and O–H groups in total. The molecule has 6 heteroatoms. The first-order valence-electron chi connectivity index (χ1n) is 7.07. The van der Waals surface area contributed by atoms with E-state index in [-0.39, 0.29) is 11.6 Å². The largest absolute Gasteiger partial charge is 0.311 e. The van der Waals surface area contributed by atoms with Crippen LogP contribution in [0.4, 0.5) is 0 Å². The maximum absolute atomic E-state index is 12.2. The van der Waals surface area contributed by atoms with Crippen LogP contribution in [-0.4, -0.2) is 22.8 Å². The average molecular weight is 295 g/mol. The number of carbonyl (C=O) groups excluding carboxylic acids is 2. The number of rotatable bonds is 7. The lowest BCUT2D eigenvalue weighted by atomic mass is 9.84. The van der Waals surface area contributed by atoms with Crippen LogP contribution in [0.2, 0.25) is 0 Å². The highest BCUT2D eigenvalue weighted by Crippen LogP contribution is 2.27. The van der Waals surface area contributed by atoms with E-state index in [1.54, 1.807) is 20.8 Å². The van der Waals surface area contributed by atoms with Gasteiger partial charge in [0, 0.05) is 22.3 Å². The van der Waals surface area contributed by atoms with Crippen LogP contribution in [0, 0.1) is 10.1 Å². The van der Waals surface area contributed by atoms with Crippen LogP contribution < -0.4 is 0 Å². The summed E-state index contributed by atoms with van der Waals surface area (Å²) in [6.45, 7) is 6.79. The van der Waals surface area contributed by atoms with E-state index in [0.717, 1.165) is 0 Å². The molecule has 1 unspecified atom stereocenters. The van der Waals surface area contributed by atoms with Gasteiger partial charge in [-0.1, -0.05) is 6.92 Å². The minimum atomic E-state index is -0.787. The number of allylic oxidation sites excluding steroid dienone is 4. The Hall–Kier alpha value is -1.98. The fourth-order valence-electron chi connectivity index (χ4n) is 2.42. The Kier molecular flexibility index (Phi) is 5.81. The highest BCUT2D eigenvalue weighted by Gasteiger charge is 2.27. The van der Waals surface area contributed by atoms with Crippen LogP contribution in [0.15, 0.2) is 22.3 Å². The van der Waals surface area contributed by atoms with Crippen molar-refractivity contribution in [1.82, 2.24) is 0 Å². The van der Waals surface area contributed by atoms with Crippen molar-refractivity contribution in [3.63, 3.8) is 0 Å². The number of hydrogen-bond donors (Lipinski definition) is 0. The van der Waals surface area contributed by atoms with Gasteiger partial charge in [-0.3, -0.25) is 9.59 Å². The molecule has 0 fully saturated rings. The van der Waals surface area contributed by atoms with Crippen LogP contribution in [-0.2, 0) is 14.4 Å². The van der Waals surface area contributed by atoms with Crippen LogP contribution >= 0.6 is 0 Å². The standard InChI is InChI=1S/C15H21NO5/c1-5-12(21-16(19)20)7-6-8-13-11(4)14(17)9(2)10(3)15(13)18/h12H,5-8H2,1-4H3. The summed E-state index contributed by atoms with van der Waals surface area (Å²) in [4.78, 5) is 39.1. The molecule has 6 nitrogen and oxygen atoms in total. The van der Waals surface area contributed by atoms with Crippen LogP contribution in [0.1, 0.15) is 53.4 Å². The summed E-state index contributed by atoms with van der Waals surface area (Å²) in [6, 6.07) is 0. The molecule has 1 rings (SSSR count). The van der Waals surface area contributed by atoms with Gasteiger partial charge in [0.25, 0.3) is 5.09 Å². The Bertz CT molecular complexity index is 530. The number of nitrogens with zero attached hydrogens (tertiary/aromatic N) is 1. The van der Waals surface area contributed by atoms with Gasteiger partial charge in [0.2, 0.25) is 0 Å². The van der Waals surface area contributed by atoms with Crippen LogP contribution in [0.5, 0.6) is 0 Å². The number of ketones is 2. The maximum Gasteiger partial charge on any atom is 0.294 e. The second-order valence-corrected chi connectivity index (χ2v) is 5.26. The van der Waals surface area contributed by atoms with E-state index < -0.39 is 11.2 Å². The van der Waals surface area contributed by atoms with E-state index in [1.165, 1.54) is 0 Å². The predicted octanol–water partition coefficient (Wildman–Crippen LogP) is 2.95. The summed E-state index contributed by atoms with van der Waals surface area (Å²) < 4.78 is 0. The fraction of sp³-hybridized carbons (Fsp3) is 0.600. The molecular weight excluding hydrogens is 274 g/mol. The van der Waals surface area contributed by atoms with Crippen molar-refractivity contribution in [3.8, 4) is 0 Å². The summed E-state index contributed by atoms with van der Waals surface area (Å²) in [5.41, 5.74) is 2.02. The molecular formula is C15H21NO5. The van der Waals surface area contributed by atoms with E-state index >= 15 is 0 Å². The number of Topliss-reactive ketones (excluding diaryl/α,β-unsaturated/α-hetero) is 2. The summed E-state index contributed by atoms with van der Waals surface area (Å²) in [6.07, 6.45) is 1.57. The highest BCUT2D eigenvalue weighted by molar-refractivity contribution is 6.24. The average Bonchev–Trinajstić information content (AvgIpc) is 2.45. The highest BCUT2D eigenvalue weighted by atomic mass is 17.0. The summed E-state index contributed by atoms with van der Waals surface area (Å²) in [5, 5.41) is 9.54. The first-order valence-corrected chi connectivity index (χ1v) is 7.07.